The number of aromatic nitrogens is 1. The van der Waals surface area contributed by atoms with Gasteiger partial charge in [0.05, 0.1) is 5.69 Å². The van der Waals surface area contributed by atoms with E-state index in [1.165, 1.54) is 10.6 Å². The summed E-state index contributed by atoms with van der Waals surface area (Å²) in [7, 11) is 0. The summed E-state index contributed by atoms with van der Waals surface area (Å²) in [5, 5.41) is 11.8. The van der Waals surface area contributed by atoms with Crippen LogP contribution in [-0.2, 0) is 11.3 Å². The average Bonchev–Trinajstić information content (AvgIpc) is 2.55. The highest BCUT2D eigenvalue weighted by Gasteiger charge is 2.13. The molecule has 22 heavy (non-hydrogen) atoms. The molecule has 0 bridgehead atoms. The molecule has 2 aromatic rings. The van der Waals surface area contributed by atoms with Gasteiger partial charge in [0.15, 0.2) is 0 Å². The summed E-state index contributed by atoms with van der Waals surface area (Å²) in [6.45, 7) is 2.42. The summed E-state index contributed by atoms with van der Waals surface area (Å²) in [5.41, 5.74) is 1.03. The van der Waals surface area contributed by atoms with Gasteiger partial charge in [-0.2, -0.15) is 5.26 Å². The lowest BCUT2D eigenvalue weighted by Gasteiger charge is -2.13. The molecule has 0 radical (unpaired) electrons. The van der Waals surface area contributed by atoms with Crippen LogP contribution >= 0.6 is 0 Å². The van der Waals surface area contributed by atoms with Gasteiger partial charge in [0, 0.05) is 6.54 Å². The van der Waals surface area contributed by atoms with Gasteiger partial charge in [-0.05, 0) is 24.1 Å². The van der Waals surface area contributed by atoms with Crippen LogP contribution in [0.3, 0.4) is 0 Å². The minimum atomic E-state index is -0.449. The number of pyridine rings is 1. The number of nitrogens with one attached hydrogen (secondary N) is 1. The topological polar surface area (TPSA) is 74.9 Å². The lowest BCUT2D eigenvalue weighted by molar-refractivity contribution is -0.121. The molecular formula is C17H17N3O2. The van der Waals surface area contributed by atoms with Crippen molar-refractivity contribution in [1.82, 2.24) is 9.88 Å². The van der Waals surface area contributed by atoms with Gasteiger partial charge in [0.25, 0.3) is 5.56 Å². The van der Waals surface area contributed by atoms with Crippen LogP contribution in [0.15, 0.2) is 47.3 Å². The molecular weight excluding hydrogens is 278 g/mol. The Morgan fingerprint density at radius 2 is 1.95 bits per heavy atom. The molecule has 2 rings (SSSR count). The standard InChI is InChI=1S/C17H17N3O2/c1-2-10-19-16(21)12-20-15(13-6-4-3-5-7-13)9-8-14(11-18)17(20)22/h3-9H,2,10,12H2,1H3,(H,19,21). The van der Waals surface area contributed by atoms with Crippen molar-refractivity contribution in [3.8, 4) is 17.3 Å². The van der Waals surface area contributed by atoms with Crippen LogP contribution in [-0.4, -0.2) is 17.0 Å². The second-order valence-electron chi connectivity index (χ2n) is 4.85. The Bertz CT molecular complexity index is 758. The number of hydrogen-bond donors (Lipinski definition) is 1. The van der Waals surface area contributed by atoms with Crippen LogP contribution in [0, 0.1) is 11.3 Å². The molecule has 1 aromatic carbocycles. The summed E-state index contributed by atoms with van der Waals surface area (Å²) in [4.78, 5) is 24.3. The fourth-order valence-corrected chi connectivity index (χ4v) is 2.15. The predicted molar refractivity (Wildman–Crippen MR) is 84.2 cm³/mol. The lowest BCUT2D eigenvalue weighted by atomic mass is 10.1. The van der Waals surface area contributed by atoms with Gasteiger partial charge in [0.2, 0.25) is 5.91 Å². The molecule has 1 amide bonds. The zero-order valence-corrected chi connectivity index (χ0v) is 12.4. The van der Waals surface area contributed by atoms with E-state index in [2.05, 4.69) is 5.32 Å². The first-order valence-electron chi connectivity index (χ1n) is 7.13. The average molecular weight is 295 g/mol. The molecule has 0 saturated carbocycles. The second kappa shape index (κ2) is 7.23. The smallest absolute Gasteiger partial charge is 0.269 e. The molecule has 0 aliphatic heterocycles. The molecule has 5 nitrogen and oxygen atoms in total. The van der Waals surface area contributed by atoms with Crippen molar-refractivity contribution in [2.45, 2.75) is 19.9 Å². The first-order chi connectivity index (χ1) is 10.7. The molecule has 1 heterocycles. The fraction of sp³-hybridized carbons (Fsp3) is 0.235. The van der Waals surface area contributed by atoms with Crippen molar-refractivity contribution in [2.75, 3.05) is 6.54 Å². The van der Waals surface area contributed by atoms with E-state index in [4.69, 9.17) is 5.26 Å². The van der Waals surface area contributed by atoms with Crippen molar-refractivity contribution in [2.24, 2.45) is 0 Å². The maximum Gasteiger partial charge on any atom is 0.269 e. The molecule has 0 fully saturated rings. The largest absolute Gasteiger partial charge is 0.355 e. The summed E-state index contributed by atoms with van der Waals surface area (Å²) in [5.74, 6) is -0.240. The zero-order chi connectivity index (χ0) is 15.9. The van der Waals surface area contributed by atoms with Crippen molar-refractivity contribution in [1.29, 1.82) is 5.26 Å². The van der Waals surface area contributed by atoms with Gasteiger partial charge in [-0.15, -0.1) is 0 Å². The van der Waals surface area contributed by atoms with Crippen molar-refractivity contribution >= 4 is 5.91 Å². The monoisotopic (exact) mass is 295 g/mol. The van der Waals surface area contributed by atoms with E-state index in [-0.39, 0.29) is 18.0 Å². The van der Waals surface area contributed by atoms with Gasteiger partial charge in [-0.3, -0.25) is 14.2 Å². The maximum absolute atomic E-state index is 12.4. The van der Waals surface area contributed by atoms with E-state index in [1.807, 2.05) is 43.3 Å². The van der Waals surface area contributed by atoms with Gasteiger partial charge >= 0.3 is 0 Å². The third-order valence-corrected chi connectivity index (χ3v) is 3.24. The number of amides is 1. The molecule has 0 aliphatic carbocycles. The number of nitriles is 1. The van der Waals surface area contributed by atoms with E-state index in [0.29, 0.717) is 12.2 Å². The second-order valence-corrected chi connectivity index (χ2v) is 4.85. The summed E-state index contributed by atoms with van der Waals surface area (Å²) in [6, 6.07) is 14.4. The lowest BCUT2D eigenvalue weighted by Crippen LogP contribution is -2.34. The Morgan fingerprint density at radius 1 is 1.23 bits per heavy atom. The van der Waals surface area contributed by atoms with Crippen molar-refractivity contribution < 1.29 is 4.79 Å². The van der Waals surface area contributed by atoms with Gasteiger partial charge in [0.1, 0.15) is 18.2 Å². The SMILES string of the molecule is CCCNC(=O)Cn1c(-c2ccccc2)ccc(C#N)c1=O. The van der Waals surface area contributed by atoms with Crippen LogP contribution in [0.2, 0.25) is 0 Å². The normalized spacial score (nSPS) is 10.0. The fourth-order valence-electron chi connectivity index (χ4n) is 2.15. The minimum Gasteiger partial charge on any atom is -0.355 e. The van der Waals surface area contributed by atoms with Crippen molar-refractivity contribution in [3.63, 3.8) is 0 Å². The number of carbonyl (C=O) groups excluding carboxylic acids is 1. The van der Waals surface area contributed by atoms with E-state index in [1.54, 1.807) is 6.07 Å². The third-order valence-electron chi connectivity index (χ3n) is 3.24. The third kappa shape index (κ3) is 3.41. The highest BCUT2D eigenvalue weighted by atomic mass is 16.2. The molecule has 0 atom stereocenters. The van der Waals surface area contributed by atoms with Gasteiger partial charge in [-0.1, -0.05) is 37.3 Å². The number of hydrogen-bond acceptors (Lipinski definition) is 3. The molecule has 1 N–H and O–H groups in total. The quantitative estimate of drug-likeness (QED) is 0.915. The summed E-state index contributed by atoms with van der Waals surface area (Å²) >= 11 is 0. The Labute approximate surface area is 128 Å². The Kier molecular flexibility index (Phi) is 5.10. The number of nitrogens with zero attached hydrogens (tertiary/aromatic N) is 2. The van der Waals surface area contributed by atoms with Crippen LogP contribution in [0.5, 0.6) is 0 Å². The van der Waals surface area contributed by atoms with Crippen LogP contribution in [0.25, 0.3) is 11.3 Å². The van der Waals surface area contributed by atoms with Gasteiger partial charge < -0.3 is 5.32 Å². The highest BCUT2D eigenvalue weighted by Crippen LogP contribution is 2.17. The maximum atomic E-state index is 12.4. The minimum absolute atomic E-state index is 0.0305. The van der Waals surface area contributed by atoms with Crippen LogP contribution < -0.4 is 10.9 Å². The predicted octanol–water partition coefficient (Wildman–Crippen LogP) is 1.91. The van der Waals surface area contributed by atoms with Crippen LogP contribution in [0.1, 0.15) is 18.9 Å². The molecule has 5 heteroatoms. The first-order valence-corrected chi connectivity index (χ1v) is 7.13. The summed E-state index contributed by atoms with van der Waals surface area (Å²) in [6.07, 6.45) is 0.824. The molecule has 0 saturated heterocycles. The highest BCUT2D eigenvalue weighted by molar-refractivity contribution is 5.76. The van der Waals surface area contributed by atoms with E-state index in [0.717, 1.165) is 12.0 Å². The zero-order valence-electron chi connectivity index (χ0n) is 12.4. The number of rotatable bonds is 5. The van der Waals surface area contributed by atoms with E-state index < -0.39 is 5.56 Å². The van der Waals surface area contributed by atoms with Crippen molar-refractivity contribution in [3.05, 3.63) is 58.4 Å². The Hall–Kier alpha value is -2.87. The van der Waals surface area contributed by atoms with E-state index in [9.17, 15) is 9.59 Å². The molecule has 0 unspecified atom stereocenters. The Balaban J connectivity index is 2.47. The molecule has 0 spiro atoms. The molecule has 0 aliphatic rings. The number of carbonyl (C=O) groups is 1. The Morgan fingerprint density at radius 3 is 2.59 bits per heavy atom. The molecule has 112 valence electrons. The van der Waals surface area contributed by atoms with E-state index >= 15 is 0 Å². The molecule has 1 aromatic heterocycles. The van der Waals surface area contributed by atoms with Gasteiger partial charge in [-0.25, -0.2) is 0 Å². The first kappa shape index (κ1) is 15.5. The summed E-state index contributed by atoms with van der Waals surface area (Å²) < 4.78 is 1.35. The number of benzene rings is 1. The van der Waals surface area contributed by atoms with Crippen LogP contribution in [0.4, 0.5) is 0 Å².